The molecule has 6 bridgehead atoms. The van der Waals surface area contributed by atoms with Gasteiger partial charge in [0.15, 0.2) is 0 Å². The van der Waals surface area contributed by atoms with Crippen molar-refractivity contribution in [3.8, 4) is 0 Å². The highest BCUT2D eigenvalue weighted by atomic mass is 33.1. The first-order chi connectivity index (χ1) is 24.4. The smallest absolute Gasteiger partial charge is 0.249 e. The van der Waals surface area contributed by atoms with Gasteiger partial charge in [-0.2, -0.15) is 0 Å². The Hall–Kier alpha value is -2.38. The number of nitrogens with one attached hydrogen (secondary N) is 6. The number of carbonyl (C=O) groups is 6. The van der Waals surface area contributed by atoms with Gasteiger partial charge >= 0.3 is 0 Å². The van der Waals surface area contributed by atoms with Crippen LogP contribution >= 0.6 is 45.1 Å². The summed E-state index contributed by atoms with van der Waals surface area (Å²) in [5, 5.41) is 42.4. The van der Waals surface area contributed by atoms with Crippen molar-refractivity contribution in [2.24, 2.45) is 11.8 Å². The zero-order valence-corrected chi connectivity index (χ0v) is 33.7. The summed E-state index contributed by atoms with van der Waals surface area (Å²) in [4.78, 5) is 82.0. The van der Waals surface area contributed by atoms with Crippen LogP contribution in [0.25, 0.3) is 0 Å². The van der Waals surface area contributed by atoms with Gasteiger partial charge in [-0.25, -0.2) is 0 Å². The highest BCUT2D eigenvalue weighted by molar-refractivity contribution is 8.76. The second-order valence-electron chi connectivity index (χ2n) is 15.2. The van der Waals surface area contributed by atoms with Gasteiger partial charge in [-0.3, -0.25) is 28.8 Å². The lowest BCUT2D eigenvalue weighted by Gasteiger charge is -2.35. The van der Waals surface area contributed by atoms with E-state index in [1.165, 1.54) is 49.5 Å². The predicted octanol–water partition coefficient (Wildman–Crippen LogP) is 0.940. The van der Waals surface area contributed by atoms with Crippen molar-refractivity contribution in [3.63, 3.8) is 0 Å². The Morgan fingerprint density at radius 2 is 1.00 bits per heavy atom. The molecule has 4 aliphatic rings. The molecule has 0 spiro atoms. The molecule has 0 aromatic heterocycles. The Bertz CT molecular complexity index is 1360. The minimum Gasteiger partial charge on any atom is -0.390 e. The Kier molecular flexibility index (Phi) is 14.2. The summed E-state index contributed by atoms with van der Waals surface area (Å²) in [6.45, 7) is 10.9. The summed E-state index contributed by atoms with van der Waals surface area (Å²) >= 11 is 2.52. The summed E-state index contributed by atoms with van der Waals surface area (Å²) in [6.07, 6.45) is 1.21. The van der Waals surface area contributed by atoms with Gasteiger partial charge in [0.05, 0.1) is 23.3 Å². The minimum atomic E-state index is -1.68. The molecule has 52 heavy (non-hydrogen) atoms. The van der Waals surface area contributed by atoms with Crippen molar-refractivity contribution in [2.75, 3.05) is 23.0 Å². The fraction of sp³-hybridized carbons (Fsp3) is 0.706. The molecule has 18 heteroatoms. The molecule has 4 aliphatic heterocycles. The summed E-state index contributed by atoms with van der Waals surface area (Å²) in [7, 11) is 2.32. The maximum absolute atomic E-state index is 14.0. The van der Waals surface area contributed by atoms with Gasteiger partial charge in [0, 0.05) is 48.0 Å². The van der Waals surface area contributed by atoms with Gasteiger partial charge in [0.25, 0.3) is 0 Å². The SMILES string of the molecule is CC(C)CC12CSC=CC(=O)NC3CSSCC(NC(=O)C=CSCC4(CC(C)C)CC(C(C)O)(NC3=O)C(=O)N4)C(=O)NC(C(C)O)(C1)C(=O)N2. The summed E-state index contributed by atoms with van der Waals surface area (Å²) < 4.78 is 0. The lowest BCUT2D eigenvalue weighted by atomic mass is 9.80. The van der Waals surface area contributed by atoms with Gasteiger partial charge in [-0.05, 0) is 49.3 Å². The average Bonchev–Trinajstić information content (AvgIpc) is 3.47. The Morgan fingerprint density at radius 3 is 1.33 bits per heavy atom. The predicted molar refractivity (Wildman–Crippen MR) is 207 cm³/mol. The largest absolute Gasteiger partial charge is 0.390 e. The molecule has 8 unspecified atom stereocenters. The van der Waals surface area contributed by atoms with Gasteiger partial charge < -0.3 is 42.1 Å². The van der Waals surface area contributed by atoms with Crippen molar-refractivity contribution >= 4 is 80.6 Å². The van der Waals surface area contributed by atoms with Crippen molar-refractivity contribution in [1.82, 2.24) is 31.9 Å². The molecule has 290 valence electrons. The fourth-order valence-electron chi connectivity index (χ4n) is 7.50. The number of fused-ring (bicyclic) bond motifs is 9. The number of thioether (sulfide) groups is 2. The number of rotatable bonds is 6. The van der Waals surface area contributed by atoms with E-state index in [9.17, 15) is 39.0 Å². The topological polar surface area (TPSA) is 215 Å². The molecular weight excluding hydrogens is 749 g/mol. The number of aliphatic hydroxyl groups excluding tert-OH is 2. The van der Waals surface area contributed by atoms with Crippen LogP contribution in [-0.2, 0) is 28.8 Å². The van der Waals surface area contributed by atoms with E-state index in [0.717, 1.165) is 21.6 Å². The summed E-state index contributed by atoms with van der Waals surface area (Å²) in [5.74, 6) is -2.63. The van der Waals surface area contributed by atoms with Crippen molar-refractivity contribution in [3.05, 3.63) is 23.0 Å². The standard InChI is InChI=1S/C34H52N6O8S4/c1-19(2)11-31-15-33(21(5)41,29(47)39-31)37-27(45)23-13-51-52-14-24(36-25(43)7-9-49-17-31)28(46)38-34(22(6)42)16-32(12-20(3)4,40-30(34)48)18-50-10-8-26(44)35-23/h7-10,19-24,41-42H,11-18H2,1-6H3,(H,35,44)(H,36,43)(H,37,45)(H,38,46)(H,39,47)(H,40,48). The minimum absolute atomic E-state index is 0.00737. The van der Waals surface area contributed by atoms with E-state index < -0.39 is 81.9 Å². The number of hydrogen-bond donors (Lipinski definition) is 8. The highest BCUT2D eigenvalue weighted by Gasteiger charge is 2.59. The molecule has 14 nitrogen and oxygen atoms in total. The maximum atomic E-state index is 14.0. The first kappa shape index (κ1) is 42.4. The molecule has 4 rings (SSSR count). The first-order valence-corrected chi connectivity index (χ1v) is 22.0. The van der Waals surface area contributed by atoms with Gasteiger partial charge in [-0.15, -0.1) is 23.5 Å². The molecule has 2 saturated heterocycles. The molecule has 2 fully saturated rings. The van der Waals surface area contributed by atoms with Crippen molar-refractivity contribution in [2.45, 2.75) is 114 Å². The molecule has 4 heterocycles. The molecular formula is C34H52N6O8S4. The molecule has 0 radical (unpaired) electrons. The lowest BCUT2D eigenvalue weighted by Crippen LogP contribution is -2.64. The molecule has 0 aromatic rings. The number of aliphatic hydroxyl groups is 2. The van der Waals surface area contributed by atoms with Crippen LogP contribution in [0.1, 0.15) is 67.2 Å². The third-order valence-electron chi connectivity index (χ3n) is 9.69. The van der Waals surface area contributed by atoms with Crippen LogP contribution in [0.3, 0.4) is 0 Å². The maximum Gasteiger partial charge on any atom is 0.249 e. The molecule has 0 saturated carbocycles. The molecule has 8 atom stereocenters. The monoisotopic (exact) mass is 800 g/mol. The zero-order valence-electron chi connectivity index (χ0n) is 30.4. The van der Waals surface area contributed by atoms with E-state index >= 15 is 0 Å². The van der Waals surface area contributed by atoms with E-state index in [4.69, 9.17) is 0 Å². The van der Waals surface area contributed by atoms with E-state index in [1.807, 2.05) is 27.7 Å². The van der Waals surface area contributed by atoms with Crippen molar-refractivity contribution < 1.29 is 39.0 Å². The Morgan fingerprint density at radius 1 is 0.635 bits per heavy atom. The number of hydrogen-bond acceptors (Lipinski definition) is 12. The van der Waals surface area contributed by atoms with E-state index in [0.29, 0.717) is 24.3 Å². The molecule has 6 amide bonds. The summed E-state index contributed by atoms with van der Waals surface area (Å²) in [5.41, 5.74) is -5.06. The van der Waals surface area contributed by atoms with Crippen LogP contribution in [0.5, 0.6) is 0 Å². The average molecular weight is 801 g/mol. The van der Waals surface area contributed by atoms with Gasteiger partial charge in [-0.1, -0.05) is 49.3 Å². The highest BCUT2D eigenvalue weighted by Crippen LogP contribution is 2.40. The normalized spacial score (nSPS) is 35.0. The lowest BCUT2D eigenvalue weighted by molar-refractivity contribution is -0.136. The second-order valence-corrected chi connectivity index (χ2v) is 19.6. The Balaban J connectivity index is 1.77. The molecule has 8 N–H and O–H groups in total. The van der Waals surface area contributed by atoms with Crippen LogP contribution in [0.15, 0.2) is 23.0 Å². The second kappa shape index (κ2) is 17.4. The van der Waals surface area contributed by atoms with Crippen LogP contribution < -0.4 is 31.9 Å². The Labute approximate surface area is 321 Å². The van der Waals surface area contributed by atoms with E-state index in [1.54, 1.807) is 10.8 Å². The van der Waals surface area contributed by atoms with E-state index in [2.05, 4.69) is 31.9 Å². The third-order valence-corrected chi connectivity index (χ3v) is 14.2. The fourth-order valence-corrected chi connectivity index (χ4v) is 11.7. The molecule has 0 aromatic carbocycles. The van der Waals surface area contributed by atoms with Crippen LogP contribution in [0, 0.1) is 11.8 Å². The van der Waals surface area contributed by atoms with Crippen molar-refractivity contribution in [1.29, 1.82) is 0 Å². The van der Waals surface area contributed by atoms with E-state index in [-0.39, 0.29) is 36.2 Å². The van der Waals surface area contributed by atoms with Crippen LogP contribution in [0.4, 0.5) is 0 Å². The number of carbonyl (C=O) groups excluding carboxylic acids is 6. The van der Waals surface area contributed by atoms with Crippen LogP contribution in [-0.4, -0.2) is 115 Å². The van der Waals surface area contributed by atoms with Gasteiger partial charge in [0.1, 0.15) is 23.2 Å². The van der Waals surface area contributed by atoms with Gasteiger partial charge in [0.2, 0.25) is 35.4 Å². The zero-order chi connectivity index (χ0) is 38.5. The number of amides is 6. The first-order valence-electron chi connectivity index (χ1n) is 17.4. The quantitative estimate of drug-likeness (QED) is 0.176. The molecule has 0 aliphatic carbocycles. The third kappa shape index (κ3) is 9.83. The van der Waals surface area contributed by atoms with Crippen LogP contribution in [0.2, 0.25) is 0 Å². The summed E-state index contributed by atoms with van der Waals surface area (Å²) in [6, 6.07) is -2.29.